The van der Waals surface area contributed by atoms with Gasteiger partial charge in [0.15, 0.2) is 0 Å². The molecule has 2 N–H and O–H groups in total. The summed E-state index contributed by atoms with van der Waals surface area (Å²) in [5.41, 5.74) is 0.811. The molecule has 0 aromatic carbocycles. The van der Waals surface area contributed by atoms with Gasteiger partial charge in [-0.05, 0) is 5.57 Å². The summed E-state index contributed by atoms with van der Waals surface area (Å²) in [6.07, 6.45) is 5.99. The number of carbonyl (C=O) groups is 2. The van der Waals surface area contributed by atoms with Gasteiger partial charge < -0.3 is 10.6 Å². The third kappa shape index (κ3) is 5.14. The van der Waals surface area contributed by atoms with E-state index in [2.05, 4.69) is 23.8 Å². The molecule has 0 fully saturated rings. The quantitative estimate of drug-likeness (QED) is 0.474. The Morgan fingerprint density at radius 3 is 2.56 bits per heavy atom. The highest BCUT2D eigenvalue weighted by Gasteiger charge is 2.13. The Labute approximate surface area is 96.1 Å². The molecule has 0 radical (unpaired) electrons. The van der Waals surface area contributed by atoms with Gasteiger partial charge >= 0.3 is 0 Å². The van der Waals surface area contributed by atoms with Crippen LogP contribution in [0.2, 0.25) is 0 Å². The predicted molar refractivity (Wildman–Crippen MR) is 64.8 cm³/mol. The molecule has 0 aliphatic rings. The molecule has 1 atom stereocenters. The van der Waals surface area contributed by atoms with Crippen molar-refractivity contribution in [3.05, 3.63) is 37.0 Å². The number of hydrogen-bond donors (Lipinski definition) is 2. The predicted octanol–water partition coefficient (Wildman–Crippen LogP) is 0.926. The summed E-state index contributed by atoms with van der Waals surface area (Å²) in [5.74, 6) is -0.0745. The minimum absolute atomic E-state index is 0.0745. The number of allylic oxidation sites excluding steroid dienone is 2. The fourth-order valence-corrected chi connectivity index (χ4v) is 1.18. The SMILES string of the molecule is C=C/C=C(\C=C)C(CNC=O)NC(=O)CC. The first-order valence-corrected chi connectivity index (χ1v) is 5.11. The minimum Gasteiger partial charge on any atom is -0.356 e. The Morgan fingerprint density at radius 2 is 2.12 bits per heavy atom. The Bertz CT molecular complexity index is 295. The molecule has 0 aromatic rings. The van der Waals surface area contributed by atoms with Crippen molar-refractivity contribution in [1.82, 2.24) is 10.6 Å². The molecule has 16 heavy (non-hydrogen) atoms. The second-order valence-corrected chi connectivity index (χ2v) is 3.11. The van der Waals surface area contributed by atoms with Crippen molar-refractivity contribution in [2.75, 3.05) is 6.54 Å². The van der Waals surface area contributed by atoms with Gasteiger partial charge in [-0.1, -0.05) is 38.3 Å². The highest BCUT2D eigenvalue weighted by molar-refractivity contribution is 5.76. The van der Waals surface area contributed by atoms with E-state index in [1.54, 1.807) is 25.2 Å². The molecule has 0 aliphatic carbocycles. The first-order chi connectivity index (χ1) is 7.69. The Balaban J connectivity index is 4.67. The zero-order valence-electron chi connectivity index (χ0n) is 9.53. The average molecular weight is 222 g/mol. The third-order valence-electron chi connectivity index (χ3n) is 2.01. The van der Waals surface area contributed by atoms with Crippen LogP contribution < -0.4 is 10.6 Å². The molecule has 4 heteroatoms. The van der Waals surface area contributed by atoms with Crippen LogP contribution in [0.3, 0.4) is 0 Å². The summed E-state index contributed by atoms with van der Waals surface area (Å²) in [6, 6.07) is -0.270. The molecule has 0 rings (SSSR count). The molecule has 0 saturated heterocycles. The van der Waals surface area contributed by atoms with E-state index in [1.165, 1.54) is 0 Å². The van der Waals surface area contributed by atoms with Crippen LogP contribution in [-0.4, -0.2) is 24.9 Å². The van der Waals surface area contributed by atoms with Crippen LogP contribution in [0.4, 0.5) is 0 Å². The number of nitrogens with one attached hydrogen (secondary N) is 2. The highest BCUT2D eigenvalue weighted by Crippen LogP contribution is 2.04. The second kappa shape index (κ2) is 8.47. The van der Waals surface area contributed by atoms with Crippen LogP contribution in [0.15, 0.2) is 37.0 Å². The molecule has 0 heterocycles. The summed E-state index contributed by atoms with van der Waals surface area (Å²) in [7, 11) is 0. The van der Waals surface area contributed by atoms with Crippen molar-refractivity contribution in [3.8, 4) is 0 Å². The second-order valence-electron chi connectivity index (χ2n) is 3.11. The van der Waals surface area contributed by atoms with Gasteiger partial charge in [0.2, 0.25) is 12.3 Å². The molecule has 1 unspecified atom stereocenters. The molecule has 2 amide bonds. The van der Waals surface area contributed by atoms with Gasteiger partial charge in [0, 0.05) is 13.0 Å². The molecule has 0 aliphatic heterocycles. The monoisotopic (exact) mass is 222 g/mol. The van der Waals surface area contributed by atoms with Crippen LogP contribution in [0.1, 0.15) is 13.3 Å². The maximum absolute atomic E-state index is 11.3. The lowest BCUT2D eigenvalue weighted by atomic mass is 10.1. The van der Waals surface area contributed by atoms with Gasteiger partial charge in [-0.25, -0.2) is 0 Å². The van der Waals surface area contributed by atoms with Crippen molar-refractivity contribution in [2.24, 2.45) is 0 Å². The molecule has 0 aromatic heterocycles. The molecule has 0 spiro atoms. The van der Waals surface area contributed by atoms with Gasteiger partial charge in [-0.2, -0.15) is 0 Å². The largest absolute Gasteiger partial charge is 0.356 e. The van der Waals surface area contributed by atoms with E-state index in [4.69, 9.17) is 0 Å². The van der Waals surface area contributed by atoms with Crippen molar-refractivity contribution in [2.45, 2.75) is 19.4 Å². The molecule has 0 bridgehead atoms. The smallest absolute Gasteiger partial charge is 0.220 e. The number of rotatable bonds is 8. The maximum atomic E-state index is 11.3. The van der Waals surface area contributed by atoms with Gasteiger partial charge in [0.1, 0.15) is 0 Å². The standard InChI is InChI=1S/C12H18N2O2/c1-4-7-10(5-2)11(8-13-9-15)14-12(16)6-3/h4-5,7,9,11H,1-2,6,8H2,3H3,(H,13,15)(H,14,16)/b10-7+. The fourth-order valence-electron chi connectivity index (χ4n) is 1.18. The Hall–Kier alpha value is -1.84. The summed E-state index contributed by atoms with van der Waals surface area (Å²) < 4.78 is 0. The maximum Gasteiger partial charge on any atom is 0.220 e. The van der Waals surface area contributed by atoms with Crippen LogP contribution in [0.5, 0.6) is 0 Å². The summed E-state index contributed by atoms with van der Waals surface area (Å²) >= 11 is 0. The van der Waals surface area contributed by atoms with Crippen molar-refractivity contribution in [1.29, 1.82) is 0 Å². The fraction of sp³-hybridized carbons (Fsp3) is 0.333. The lowest BCUT2D eigenvalue weighted by Crippen LogP contribution is -2.42. The number of amides is 2. The van der Waals surface area contributed by atoms with Gasteiger partial charge in [0.05, 0.1) is 6.04 Å². The summed E-state index contributed by atoms with van der Waals surface area (Å²) in [5, 5.41) is 5.32. The van der Waals surface area contributed by atoms with Crippen LogP contribution in [0, 0.1) is 0 Å². The first-order valence-electron chi connectivity index (χ1n) is 5.11. The van der Waals surface area contributed by atoms with E-state index >= 15 is 0 Å². The molecule has 4 nitrogen and oxygen atoms in total. The lowest BCUT2D eigenvalue weighted by Gasteiger charge is -2.19. The Morgan fingerprint density at radius 1 is 1.44 bits per heavy atom. The van der Waals surface area contributed by atoms with Crippen LogP contribution in [0.25, 0.3) is 0 Å². The normalized spacial score (nSPS) is 12.4. The van der Waals surface area contributed by atoms with Crippen molar-refractivity contribution < 1.29 is 9.59 Å². The molecular formula is C12H18N2O2. The van der Waals surface area contributed by atoms with Gasteiger partial charge in [0.25, 0.3) is 0 Å². The minimum atomic E-state index is -0.270. The van der Waals surface area contributed by atoms with Gasteiger partial charge in [-0.15, -0.1) is 0 Å². The van der Waals surface area contributed by atoms with E-state index in [0.29, 0.717) is 19.4 Å². The highest BCUT2D eigenvalue weighted by atomic mass is 16.1. The summed E-state index contributed by atoms with van der Waals surface area (Å²) in [4.78, 5) is 21.5. The van der Waals surface area contributed by atoms with E-state index < -0.39 is 0 Å². The van der Waals surface area contributed by atoms with Crippen LogP contribution >= 0.6 is 0 Å². The average Bonchev–Trinajstić information content (AvgIpc) is 2.31. The van der Waals surface area contributed by atoms with Crippen LogP contribution in [-0.2, 0) is 9.59 Å². The van der Waals surface area contributed by atoms with Gasteiger partial charge in [-0.3, -0.25) is 9.59 Å². The molecule has 88 valence electrons. The molecule has 0 saturated carbocycles. The first kappa shape index (κ1) is 14.2. The topological polar surface area (TPSA) is 58.2 Å². The van der Waals surface area contributed by atoms with E-state index in [-0.39, 0.29) is 11.9 Å². The number of carbonyl (C=O) groups excluding carboxylic acids is 2. The zero-order chi connectivity index (χ0) is 12.4. The van der Waals surface area contributed by atoms with E-state index in [0.717, 1.165) is 5.57 Å². The summed E-state index contributed by atoms with van der Waals surface area (Å²) in [6.45, 7) is 9.34. The van der Waals surface area contributed by atoms with Crippen molar-refractivity contribution in [3.63, 3.8) is 0 Å². The van der Waals surface area contributed by atoms with E-state index in [9.17, 15) is 9.59 Å². The Kier molecular flexibility index (Phi) is 7.49. The van der Waals surface area contributed by atoms with E-state index in [1.807, 2.05) is 0 Å². The number of hydrogen-bond acceptors (Lipinski definition) is 2. The lowest BCUT2D eigenvalue weighted by molar-refractivity contribution is -0.121. The zero-order valence-corrected chi connectivity index (χ0v) is 9.53. The van der Waals surface area contributed by atoms with Crippen molar-refractivity contribution >= 4 is 12.3 Å². The molecular weight excluding hydrogens is 204 g/mol. The third-order valence-corrected chi connectivity index (χ3v) is 2.01.